The van der Waals surface area contributed by atoms with E-state index in [9.17, 15) is 4.79 Å². The van der Waals surface area contributed by atoms with E-state index in [4.69, 9.17) is 17.0 Å². The number of benzene rings is 1. The van der Waals surface area contributed by atoms with Crippen LogP contribution in [0.1, 0.15) is 43.1 Å². The third-order valence-corrected chi connectivity index (χ3v) is 3.81. The maximum Gasteiger partial charge on any atom is 0.269 e. The Labute approximate surface area is 144 Å². The number of carbonyl (C=O) groups excluding carboxylic acids is 1. The molecule has 0 atom stereocenters. The summed E-state index contributed by atoms with van der Waals surface area (Å²) >= 11 is 5.22. The molecule has 128 valence electrons. The molecule has 1 aromatic carbocycles. The van der Waals surface area contributed by atoms with Gasteiger partial charge in [0.05, 0.1) is 0 Å². The lowest BCUT2D eigenvalue weighted by molar-refractivity contribution is 0.0886. The quantitative estimate of drug-likeness (QED) is 0.491. The highest BCUT2D eigenvalue weighted by Gasteiger charge is 2.15. The van der Waals surface area contributed by atoms with Gasteiger partial charge in [-0.3, -0.25) is 15.2 Å². The number of methoxy groups -OCH3 is 1. The van der Waals surface area contributed by atoms with Gasteiger partial charge in [-0.1, -0.05) is 32.9 Å². The molecule has 6 heteroatoms. The molecule has 0 aliphatic carbocycles. The Balaban J connectivity index is 2.53. The van der Waals surface area contributed by atoms with Crippen molar-refractivity contribution in [1.29, 1.82) is 0 Å². The predicted octanol–water partition coefficient (Wildman–Crippen LogP) is 2.47. The van der Waals surface area contributed by atoms with Gasteiger partial charge in [-0.25, -0.2) is 0 Å². The van der Waals surface area contributed by atoms with Crippen molar-refractivity contribution >= 4 is 23.2 Å². The molecule has 0 radical (unpaired) electrons. The van der Waals surface area contributed by atoms with Gasteiger partial charge in [0.25, 0.3) is 5.91 Å². The molecule has 0 heterocycles. The van der Waals surface area contributed by atoms with E-state index in [2.05, 4.69) is 31.5 Å². The van der Waals surface area contributed by atoms with Crippen LogP contribution in [0.5, 0.6) is 0 Å². The van der Waals surface area contributed by atoms with Gasteiger partial charge in [-0.15, -0.1) is 0 Å². The summed E-state index contributed by atoms with van der Waals surface area (Å²) in [5.41, 5.74) is 4.62. The largest absolute Gasteiger partial charge is 0.385 e. The number of hydrazine groups is 1. The number of carbonyl (C=O) groups is 1. The van der Waals surface area contributed by atoms with Crippen LogP contribution in [0.15, 0.2) is 24.3 Å². The molecule has 0 saturated carbocycles. The van der Waals surface area contributed by atoms with Crippen LogP contribution in [0, 0.1) is 0 Å². The monoisotopic (exact) mass is 337 g/mol. The van der Waals surface area contributed by atoms with Crippen molar-refractivity contribution in [3.8, 4) is 0 Å². The van der Waals surface area contributed by atoms with E-state index in [-0.39, 0.29) is 11.3 Å². The molecule has 0 aromatic heterocycles. The molecule has 0 unspecified atom stereocenters. The lowest BCUT2D eigenvalue weighted by atomic mass is 9.87. The number of hydrogen-bond acceptors (Lipinski definition) is 3. The van der Waals surface area contributed by atoms with Crippen molar-refractivity contribution in [2.45, 2.75) is 32.6 Å². The summed E-state index contributed by atoms with van der Waals surface area (Å²) in [4.78, 5) is 12.2. The van der Waals surface area contributed by atoms with Crippen LogP contribution in [0.2, 0.25) is 0 Å². The second-order valence-corrected chi connectivity index (χ2v) is 6.79. The normalized spacial score (nSPS) is 11.0. The molecule has 0 saturated heterocycles. The van der Waals surface area contributed by atoms with Gasteiger partial charge in [0.2, 0.25) is 0 Å². The third kappa shape index (κ3) is 6.54. The fourth-order valence-corrected chi connectivity index (χ4v) is 2.07. The van der Waals surface area contributed by atoms with E-state index in [1.807, 2.05) is 24.3 Å². The Morgan fingerprint density at radius 3 is 2.39 bits per heavy atom. The lowest BCUT2D eigenvalue weighted by Crippen LogP contribution is -2.48. The smallest absolute Gasteiger partial charge is 0.269 e. The van der Waals surface area contributed by atoms with Crippen LogP contribution in [-0.4, -0.2) is 43.3 Å². The summed E-state index contributed by atoms with van der Waals surface area (Å²) in [6.45, 7) is 7.80. The zero-order chi connectivity index (χ0) is 17.5. The molecule has 1 amide bonds. The summed E-state index contributed by atoms with van der Waals surface area (Å²) in [5, 5.41) is 5.05. The number of amides is 1. The van der Waals surface area contributed by atoms with Gasteiger partial charge in [0.1, 0.15) is 0 Å². The average Bonchev–Trinajstić information content (AvgIpc) is 2.50. The third-order valence-electron chi connectivity index (χ3n) is 3.39. The first-order valence-electron chi connectivity index (χ1n) is 7.67. The molecule has 0 spiro atoms. The van der Waals surface area contributed by atoms with Crippen LogP contribution in [0.25, 0.3) is 0 Å². The molecule has 0 bridgehead atoms. The fraction of sp³-hybridized carbons (Fsp3) is 0.529. The topological polar surface area (TPSA) is 53.6 Å². The van der Waals surface area contributed by atoms with Gasteiger partial charge >= 0.3 is 0 Å². The van der Waals surface area contributed by atoms with E-state index >= 15 is 0 Å². The summed E-state index contributed by atoms with van der Waals surface area (Å²) in [5.74, 6) is -0.186. The number of rotatable bonds is 5. The number of thiocarbonyl (C=S) groups is 1. The van der Waals surface area contributed by atoms with Crippen LogP contribution >= 0.6 is 12.2 Å². The summed E-state index contributed by atoms with van der Waals surface area (Å²) in [7, 11) is 3.38. The Morgan fingerprint density at radius 2 is 1.87 bits per heavy atom. The Kier molecular flexibility index (Phi) is 7.45. The standard InChI is InChI=1S/C17H27N3O2S/c1-17(2,3)14-9-7-13(8-10-14)15(21)19-20(4)16(23)18-11-6-12-22-5/h7-10H,6,11-12H2,1-5H3,(H,18,23)(H,19,21). The number of hydrogen-bond donors (Lipinski definition) is 2. The molecule has 2 N–H and O–H groups in total. The van der Waals surface area contributed by atoms with Gasteiger partial charge in [-0.05, 0) is 41.7 Å². The molecule has 0 fully saturated rings. The predicted molar refractivity (Wildman–Crippen MR) is 97.5 cm³/mol. The zero-order valence-corrected chi connectivity index (χ0v) is 15.4. The first-order valence-corrected chi connectivity index (χ1v) is 8.08. The molecule has 0 aliphatic rings. The van der Waals surface area contributed by atoms with E-state index in [0.717, 1.165) is 6.42 Å². The Morgan fingerprint density at radius 1 is 1.26 bits per heavy atom. The summed E-state index contributed by atoms with van der Waals surface area (Å²) in [6, 6.07) is 7.63. The Hall–Kier alpha value is -1.66. The van der Waals surface area contributed by atoms with Crippen LogP contribution in [0.4, 0.5) is 0 Å². The summed E-state index contributed by atoms with van der Waals surface area (Å²) in [6.07, 6.45) is 0.854. The molecular weight excluding hydrogens is 310 g/mol. The van der Waals surface area contributed by atoms with Crippen molar-refractivity contribution in [2.24, 2.45) is 0 Å². The maximum atomic E-state index is 12.2. The Bertz CT molecular complexity index is 524. The SMILES string of the molecule is COCCCNC(=S)N(C)NC(=O)c1ccc(C(C)(C)C)cc1. The molecule has 5 nitrogen and oxygen atoms in total. The van der Waals surface area contributed by atoms with E-state index in [1.165, 1.54) is 10.6 Å². The zero-order valence-electron chi connectivity index (χ0n) is 14.6. The van der Waals surface area contributed by atoms with Crippen molar-refractivity contribution in [3.63, 3.8) is 0 Å². The first-order chi connectivity index (χ1) is 10.8. The van der Waals surface area contributed by atoms with E-state index in [1.54, 1.807) is 14.2 Å². The van der Waals surface area contributed by atoms with Gasteiger partial charge in [0, 0.05) is 32.9 Å². The van der Waals surface area contributed by atoms with Gasteiger partial charge < -0.3 is 10.1 Å². The van der Waals surface area contributed by atoms with Crippen molar-refractivity contribution in [1.82, 2.24) is 15.8 Å². The highest BCUT2D eigenvalue weighted by molar-refractivity contribution is 7.80. The minimum atomic E-state index is -0.186. The van der Waals surface area contributed by atoms with E-state index in [0.29, 0.717) is 23.8 Å². The van der Waals surface area contributed by atoms with Crippen LogP contribution in [-0.2, 0) is 10.2 Å². The number of ether oxygens (including phenoxy) is 1. The molecule has 1 aromatic rings. The van der Waals surface area contributed by atoms with Gasteiger partial charge in [-0.2, -0.15) is 0 Å². The maximum absolute atomic E-state index is 12.2. The van der Waals surface area contributed by atoms with Crippen molar-refractivity contribution in [3.05, 3.63) is 35.4 Å². The second kappa shape index (κ2) is 8.84. The minimum absolute atomic E-state index is 0.0689. The molecule has 23 heavy (non-hydrogen) atoms. The highest BCUT2D eigenvalue weighted by Crippen LogP contribution is 2.22. The van der Waals surface area contributed by atoms with E-state index < -0.39 is 0 Å². The van der Waals surface area contributed by atoms with Crippen molar-refractivity contribution in [2.75, 3.05) is 27.3 Å². The summed E-state index contributed by atoms with van der Waals surface area (Å²) < 4.78 is 4.97. The molecular formula is C17H27N3O2S. The second-order valence-electron chi connectivity index (χ2n) is 6.41. The minimum Gasteiger partial charge on any atom is -0.385 e. The molecule has 1 rings (SSSR count). The molecule has 0 aliphatic heterocycles. The van der Waals surface area contributed by atoms with Crippen LogP contribution in [0.3, 0.4) is 0 Å². The lowest BCUT2D eigenvalue weighted by Gasteiger charge is -2.22. The van der Waals surface area contributed by atoms with Crippen LogP contribution < -0.4 is 10.7 Å². The highest BCUT2D eigenvalue weighted by atomic mass is 32.1. The van der Waals surface area contributed by atoms with Crippen molar-refractivity contribution < 1.29 is 9.53 Å². The van der Waals surface area contributed by atoms with Gasteiger partial charge in [0.15, 0.2) is 5.11 Å². The fourth-order valence-electron chi connectivity index (χ4n) is 1.92. The number of nitrogens with one attached hydrogen (secondary N) is 2. The number of nitrogens with zero attached hydrogens (tertiary/aromatic N) is 1. The average molecular weight is 337 g/mol. The first kappa shape index (κ1) is 19.4.